The summed E-state index contributed by atoms with van der Waals surface area (Å²) in [6.45, 7) is 7.26. The molecule has 0 nitrogen and oxygen atoms in total. The van der Waals surface area contributed by atoms with Crippen LogP contribution in [0.1, 0.15) is 122 Å². The van der Waals surface area contributed by atoms with Crippen molar-refractivity contribution in [2.45, 2.75) is 136 Å². The van der Waals surface area contributed by atoms with Crippen molar-refractivity contribution in [3.8, 4) is 0 Å². The number of benzene rings is 1. The van der Waals surface area contributed by atoms with Gasteiger partial charge in [-0.2, -0.15) is 0 Å². The van der Waals surface area contributed by atoms with Crippen LogP contribution < -0.4 is 5.19 Å². The Labute approximate surface area is 185 Å². The molecule has 0 aliphatic rings. The highest BCUT2D eigenvalue weighted by Gasteiger charge is 2.22. The molecule has 0 bridgehead atoms. The van der Waals surface area contributed by atoms with Crippen molar-refractivity contribution in [1.29, 1.82) is 0 Å². The van der Waals surface area contributed by atoms with Crippen LogP contribution >= 0.6 is 0 Å². The predicted octanol–water partition coefficient (Wildman–Crippen LogP) is 9.39. The molecule has 0 aliphatic carbocycles. The van der Waals surface area contributed by atoms with Crippen molar-refractivity contribution < 1.29 is 0 Å². The minimum absolute atomic E-state index is 1.31. The van der Waals surface area contributed by atoms with Gasteiger partial charge in [0.05, 0.1) is 8.07 Å². The fourth-order valence-corrected chi connectivity index (χ4v) is 6.53. The Kier molecular flexibility index (Phi) is 16.6. The maximum Gasteiger partial charge on any atom is 0.0836 e. The van der Waals surface area contributed by atoms with E-state index in [4.69, 9.17) is 0 Å². The predicted molar refractivity (Wildman–Crippen MR) is 137 cm³/mol. The van der Waals surface area contributed by atoms with E-state index < -0.39 is 8.07 Å². The molecule has 0 N–H and O–H groups in total. The van der Waals surface area contributed by atoms with Gasteiger partial charge in [-0.1, -0.05) is 171 Å². The summed E-state index contributed by atoms with van der Waals surface area (Å²) in [6, 6.07) is 13.8. The smallest absolute Gasteiger partial charge is 0.0654 e. The van der Waals surface area contributed by atoms with E-state index in [-0.39, 0.29) is 0 Å². The van der Waals surface area contributed by atoms with Crippen molar-refractivity contribution in [1.82, 2.24) is 0 Å². The zero-order valence-electron chi connectivity index (χ0n) is 20.2. The molecule has 1 radical (unpaired) electrons. The van der Waals surface area contributed by atoms with Gasteiger partial charge in [-0.05, 0) is 6.04 Å². The average molecular weight is 416 g/mol. The van der Waals surface area contributed by atoms with E-state index in [2.05, 4.69) is 56.4 Å². The molecule has 29 heavy (non-hydrogen) atoms. The van der Waals surface area contributed by atoms with Crippen molar-refractivity contribution in [2.75, 3.05) is 0 Å². The Hall–Kier alpha value is -0.563. The molecule has 0 saturated heterocycles. The van der Waals surface area contributed by atoms with Gasteiger partial charge in [-0.15, -0.1) is 0 Å². The summed E-state index contributed by atoms with van der Waals surface area (Å²) in [4.78, 5) is 0. The Balaban J connectivity index is 1.79. The van der Waals surface area contributed by atoms with Crippen molar-refractivity contribution in [3.05, 3.63) is 36.4 Å². The lowest BCUT2D eigenvalue weighted by atomic mass is 10.0. The van der Waals surface area contributed by atoms with Crippen LogP contribution in [0.3, 0.4) is 0 Å². The standard InChI is InChI=1S/C28H51Si/c1-4-5-6-7-8-9-10-11-12-13-14-15-16-17-18-19-20-24-27-29(2,3)28-25-22-21-23-26-28/h21-23,25-27H,4-20,24H2,1-3H3. The largest absolute Gasteiger partial charge is 0.0836 e. The first kappa shape index (κ1) is 26.5. The molecule has 0 fully saturated rings. The molecule has 1 aromatic carbocycles. The number of unbranched alkanes of at least 4 members (excludes halogenated alkanes) is 17. The van der Waals surface area contributed by atoms with E-state index in [1.165, 1.54) is 116 Å². The first-order valence-corrected chi connectivity index (χ1v) is 16.1. The first-order valence-electron chi connectivity index (χ1n) is 13.1. The summed E-state index contributed by atoms with van der Waals surface area (Å²) < 4.78 is 0. The van der Waals surface area contributed by atoms with E-state index >= 15 is 0 Å². The second-order valence-electron chi connectivity index (χ2n) is 9.74. The molecule has 0 aromatic heterocycles. The summed E-state index contributed by atoms with van der Waals surface area (Å²) in [7, 11) is -1.32. The summed E-state index contributed by atoms with van der Waals surface area (Å²) in [6.07, 6.45) is 26.0. The van der Waals surface area contributed by atoms with Crippen LogP contribution in [-0.4, -0.2) is 8.07 Å². The third-order valence-electron chi connectivity index (χ3n) is 6.48. The Bertz CT molecular complexity index is 451. The molecule has 1 heteroatoms. The molecule has 0 aliphatic heterocycles. The molecule has 0 atom stereocenters. The van der Waals surface area contributed by atoms with E-state index in [1.807, 2.05) is 0 Å². The summed E-state index contributed by atoms with van der Waals surface area (Å²) in [5.41, 5.74) is 0. The number of hydrogen-bond donors (Lipinski definition) is 0. The molecule has 1 aromatic rings. The highest BCUT2D eigenvalue weighted by Crippen LogP contribution is 2.16. The normalized spacial score (nSPS) is 11.8. The molecule has 0 amide bonds. The molecule has 0 heterocycles. The zero-order valence-corrected chi connectivity index (χ0v) is 21.2. The molecule has 0 unspecified atom stereocenters. The second-order valence-corrected chi connectivity index (χ2v) is 14.2. The lowest BCUT2D eigenvalue weighted by Crippen LogP contribution is -2.42. The fraction of sp³-hybridized carbons (Fsp3) is 0.750. The number of hydrogen-bond acceptors (Lipinski definition) is 0. The third-order valence-corrected chi connectivity index (χ3v) is 9.61. The molecule has 0 spiro atoms. The van der Waals surface area contributed by atoms with Gasteiger partial charge < -0.3 is 0 Å². The summed E-state index contributed by atoms with van der Waals surface area (Å²) >= 11 is 0. The topological polar surface area (TPSA) is 0 Å². The SMILES string of the molecule is CCCCCCCCCCCCCCCCCCC[CH][Si](C)(C)c1ccccc1. The van der Waals surface area contributed by atoms with Gasteiger partial charge in [-0.3, -0.25) is 0 Å². The lowest BCUT2D eigenvalue weighted by Gasteiger charge is -2.22. The highest BCUT2D eigenvalue weighted by atomic mass is 28.3. The Morgan fingerprint density at radius 1 is 0.552 bits per heavy atom. The Morgan fingerprint density at radius 2 is 0.931 bits per heavy atom. The lowest BCUT2D eigenvalue weighted by molar-refractivity contribution is 0.527. The first-order chi connectivity index (χ1) is 14.2. The van der Waals surface area contributed by atoms with E-state index in [9.17, 15) is 0 Å². The van der Waals surface area contributed by atoms with Crippen molar-refractivity contribution in [3.63, 3.8) is 0 Å². The van der Waals surface area contributed by atoms with Crippen molar-refractivity contribution in [2.24, 2.45) is 0 Å². The molecule has 167 valence electrons. The fourth-order valence-electron chi connectivity index (χ4n) is 4.32. The third kappa shape index (κ3) is 15.0. The van der Waals surface area contributed by atoms with Crippen LogP contribution in [-0.2, 0) is 0 Å². The number of rotatable bonds is 20. The second kappa shape index (κ2) is 18.2. The molecule has 0 saturated carbocycles. The maximum absolute atomic E-state index is 2.66. The summed E-state index contributed by atoms with van der Waals surface area (Å²) in [5, 5.41) is 1.58. The van der Waals surface area contributed by atoms with E-state index in [0.717, 1.165) is 0 Å². The summed E-state index contributed by atoms with van der Waals surface area (Å²) in [5.74, 6) is 0. The highest BCUT2D eigenvalue weighted by molar-refractivity contribution is 6.92. The van der Waals surface area contributed by atoms with Crippen LogP contribution in [0.15, 0.2) is 30.3 Å². The van der Waals surface area contributed by atoms with Crippen LogP contribution in [0.4, 0.5) is 0 Å². The minimum Gasteiger partial charge on any atom is -0.0654 e. The zero-order chi connectivity index (χ0) is 21.0. The van der Waals surface area contributed by atoms with E-state index in [1.54, 1.807) is 5.19 Å². The van der Waals surface area contributed by atoms with Crippen LogP contribution in [0.25, 0.3) is 0 Å². The van der Waals surface area contributed by atoms with Gasteiger partial charge in [-0.25, -0.2) is 0 Å². The van der Waals surface area contributed by atoms with Crippen LogP contribution in [0.2, 0.25) is 13.1 Å². The van der Waals surface area contributed by atoms with Crippen LogP contribution in [0.5, 0.6) is 0 Å². The quantitative estimate of drug-likeness (QED) is 0.147. The molecular weight excluding hydrogens is 364 g/mol. The maximum atomic E-state index is 2.66. The van der Waals surface area contributed by atoms with Gasteiger partial charge in [0.15, 0.2) is 0 Å². The minimum atomic E-state index is -1.32. The van der Waals surface area contributed by atoms with Gasteiger partial charge in [0.2, 0.25) is 0 Å². The average Bonchev–Trinajstić information content (AvgIpc) is 2.73. The van der Waals surface area contributed by atoms with E-state index in [0.29, 0.717) is 0 Å². The molecule has 1 rings (SSSR count). The van der Waals surface area contributed by atoms with Crippen molar-refractivity contribution >= 4 is 13.3 Å². The van der Waals surface area contributed by atoms with Gasteiger partial charge in [0.1, 0.15) is 0 Å². The molecular formula is C28H51Si. The van der Waals surface area contributed by atoms with Gasteiger partial charge in [0, 0.05) is 0 Å². The van der Waals surface area contributed by atoms with Crippen LogP contribution in [0, 0.1) is 6.04 Å². The van der Waals surface area contributed by atoms with Gasteiger partial charge >= 0.3 is 0 Å². The van der Waals surface area contributed by atoms with Gasteiger partial charge in [0.25, 0.3) is 0 Å². The monoisotopic (exact) mass is 415 g/mol. The Morgan fingerprint density at radius 3 is 1.34 bits per heavy atom.